The largest absolute Gasteiger partial charge is 0.352 e. The molecule has 1 saturated carbocycles. The Morgan fingerprint density at radius 1 is 0.927 bits per heavy atom. The Balaban J connectivity index is 1.71. The van der Waals surface area contributed by atoms with Gasteiger partial charge in [0, 0.05) is 17.6 Å². The maximum Gasteiger partial charge on any atom is 0.264 e. The van der Waals surface area contributed by atoms with E-state index >= 15 is 0 Å². The van der Waals surface area contributed by atoms with Crippen molar-refractivity contribution in [2.45, 2.75) is 75.9 Å². The summed E-state index contributed by atoms with van der Waals surface area (Å²) in [5.74, 6) is -0.682. The van der Waals surface area contributed by atoms with E-state index in [0.29, 0.717) is 22.7 Å². The van der Waals surface area contributed by atoms with Gasteiger partial charge in [0.05, 0.1) is 10.6 Å². The van der Waals surface area contributed by atoms with Gasteiger partial charge in [-0.1, -0.05) is 92.4 Å². The SMILES string of the molecule is CCC(C(=O)NC1CCCCC1)N(Cc1ccccc1)C(=O)CN(c1cccc(Cl)c1C)S(=O)(=O)c1ccccc1. The zero-order valence-electron chi connectivity index (χ0n) is 23.6. The maximum absolute atomic E-state index is 14.2. The first-order chi connectivity index (χ1) is 19.7. The molecule has 41 heavy (non-hydrogen) atoms. The molecule has 0 spiro atoms. The van der Waals surface area contributed by atoms with E-state index in [0.717, 1.165) is 42.0 Å². The summed E-state index contributed by atoms with van der Waals surface area (Å²) in [6.45, 7) is 3.28. The molecule has 0 radical (unpaired) electrons. The lowest BCUT2D eigenvalue weighted by Gasteiger charge is -2.34. The third-order valence-electron chi connectivity index (χ3n) is 7.65. The van der Waals surface area contributed by atoms with Crippen molar-refractivity contribution in [2.75, 3.05) is 10.8 Å². The Labute approximate surface area is 248 Å². The minimum absolute atomic E-state index is 0.0591. The Bertz CT molecular complexity index is 1430. The van der Waals surface area contributed by atoms with Crippen molar-refractivity contribution in [3.8, 4) is 0 Å². The van der Waals surface area contributed by atoms with Crippen molar-refractivity contribution < 1.29 is 18.0 Å². The maximum atomic E-state index is 14.2. The molecule has 9 heteroatoms. The van der Waals surface area contributed by atoms with Gasteiger partial charge < -0.3 is 10.2 Å². The van der Waals surface area contributed by atoms with Gasteiger partial charge in [-0.3, -0.25) is 13.9 Å². The van der Waals surface area contributed by atoms with Gasteiger partial charge in [0.2, 0.25) is 11.8 Å². The van der Waals surface area contributed by atoms with Crippen LogP contribution >= 0.6 is 11.6 Å². The summed E-state index contributed by atoms with van der Waals surface area (Å²) >= 11 is 6.40. The summed E-state index contributed by atoms with van der Waals surface area (Å²) < 4.78 is 29.1. The number of nitrogens with one attached hydrogen (secondary N) is 1. The third kappa shape index (κ3) is 7.49. The highest BCUT2D eigenvalue weighted by Gasteiger charge is 2.35. The highest BCUT2D eigenvalue weighted by molar-refractivity contribution is 7.92. The number of amides is 2. The highest BCUT2D eigenvalue weighted by atomic mass is 35.5. The Kier molecular flexibility index (Phi) is 10.5. The molecule has 0 aliphatic heterocycles. The first-order valence-corrected chi connectivity index (χ1v) is 16.0. The van der Waals surface area contributed by atoms with Crippen LogP contribution in [0.2, 0.25) is 5.02 Å². The van der Waals surface area contributed by atoms with Crippen LogP contribution in [0.15, 0.2) is 83.8 Å². The lowest BCUT2D eigenvalue weighted by atomic mass is 9.95. The van der Waals surface area contributed by atoms with Gasteiger partial charge in [0.15, 0.2) is 0 Å². The number of hydrogen-bond donors (Lipinski definition) is 1. The Morgan fingerprint density at radius 2 is 1.56 bits per heavy atom. The molecule has 1 aliphatic carbocycles. The second-order valence-corrected chi connectivity index (χ2v) is 12.8. The molecular formula is C32H38ClN3O4S. The molecule has 1 aliphatic rings. The second-order valence-electron chi connectivity index (χ2n) is 10.5. The lowest BCUT2D eigenvalue weighted by Crippen LogP contribution is -2.54. The van der Waals surface area contributed by atoms with Crippen molar-refractivity contribution in [2.24, 2.45) is 0 Å². The van der Waals surface area contributed by atoms with Gasteiger partial charge in [0.25, 0.3) is 10.0 Å². The molecular weight excluding hydrogens is 558 g/mol. The number of rotatable bonds is 11. The molecule has 4 rings (SSSR count). The summed E-state index contributed by atoms with van der Waals surface area (Å²) in [6.07, 6.45) is 5.53. The molecule has 1 N–H and O–H groups in total. The molecule has 0 saturated heterocycles. The second kappa shape index (κ2) is 14.0. The monoisotopic (exact) mass is 595 g/mol. The van der Waals surface area contributed by atoms with Crippen molar-refractivity contribution in [1.82, 2.24) is 10.2 Å². The van der Waals surface area contributed by atoms with Crippen LogP contribution in [0.25, 0.3) is 0 Å². The van der Waals surface area contributed by atoms with Crippen molar-refractivity contribution in [1.29, 1.82) is 0 Å². The van der Waals surface area contributed by atoms with E-state index in [9.17, 15) is 18.0 Å². The van der Waals surface area contributed by atoms with Gasteiger partial charge >= 0.3 is 0 Å². The molecule has 1 atom stereocenters. The quantitative estimate of drug-likeness (QED) is 0.290. The number of benzene rings is 3. The third-order valence-corrected chi connectivity index (χ3v) is 9.83. The predicted octanol–water partition coefficient (Wildman–Crippen LogP) is 6.10. The molecule has 1 fully saturated rings. The minimum Gasteiger partial charge on any atom is -0.352 e. The Morgan fingerprint density at radius 3 is 2.20 bits per heavy atom. The van der Waals surface area contributed by atoms with Crippen LogP contribution < -0.4 is 9.62 Å². The van der Waals surface area contributed by atoms with Crippen LogP contribution in [0.5, 0.6) is 0 Å². The summed E-state index contributed by atoms with van der Waals surface area (Å²) in [4.78, 5) is 29.4. The van der Waals surface area contributed by atoms with Gasteiger partial charge in [0.1, 0.15) is 12.6 Å². The van der Waals surface area contributed by atoms with Crippen LogP contribution in [0.1, 0.15) is 56.6 Å². The molecule has 2 amide bonds. The fourth-order valence-corrected chi connectivity index (χ4v) is 7.01. The molecule has 0 aromatic heterocycles. The van der Waals surface area contributed by atoms with Crippen LogP contribution in [0, 0.1) is 6.92 Å². The summed E-state index contributed by atoms with van der Waals surface area (Å²) in [5, 5.41) is 3.56. The highest BCUT2D eigenvalue weighted by Crippen LogP contribution is 2.31. The van der Waals surface area contributed by atoms with Gasteiger partial charge in [-0.05, 0) is 61.6 Å². The van der Waals surface area contributed by atoms with Gasteiger partial charge in [-0.15, -0.1) is 0 Å². The zero-order valence-corrected chi connectivity index (χ0v) is 25.2. The van der Waals surface area contributed by atoms with Crippen molar-refractivity contribution in [3.63, 3.8) is 0 Å². The first-order valence-electron chi connectivity index (χ1n) is 14.2. The van der Waals surface area contributed by atoms with Crippen molar-refractivity contribution in [3.05, 3.63) is 95.0 Å². The van der Waals surface area contributed by atoms with E-state index in [2.05, 4.69) is 5.32 Å². The van der Waals surface area contributed by atoms with Gasteiger partial charge in [-0.25, -0.2) is 8.42 Å². The lowest BCUT2D eigenvalue weighted by molar-refractivity contribution is -0.140. The van der Waals surface area contributed by atoms with E-state index < -0.39 is 28.5 Å². The smallest absolute Gasteiger partial charge is 0.264 e. The minimum atomic E-state index is -4.14. The average Bonchev–Trinajstić information content (AvgIpc) is 2.98. The molecule has 3 aromatic carbocycles. The number of carbonyl (C=O) groups excluding carboxylic acids is 2. The van der Waals surface area contributed by atoms with Crippen molar-refractivity contribution >= 4 is 39.1 Å². The molecule has 0 bridgehead atoms. The molecule has 0 heterocycles. The number of anilines is 1. The Hall–Kier alpha value is -3.36. The number of hydrogen-bond acceptors (Lipinski definition) is 4. The van der Waals surface area contributed by atoms with E-state index in [1.807, 2.05) is 37.3 Å². The number of sulfonamides is 1. The molecule has 218 valence electrons. The van der Waals surface area contributed by atoms with E-state index in [4.69, 9.17) is 11.6 Å². The normalized spacial score (nSPS) is 14.7. The average molecular weight is 596 g/mol. The van der Waals surface area contributed by atoms with Crippen LogP contribution in [-0.2, 0) is 26.2 Å². The van der Waals surface area contributed by atoms with Gasteiger partial charge in [-0.2, -0.15) is 0 Å². The predicted molar refractivity (Wildman–Crippen MR) is 163 cm³/mol. The molecule has 7 nitrogen and oxygen atoms in total. The standard InChI is InChI=1S/C32H38ClN3O4S/c1-3-29(32(38)34-26-16-9-5-10-17-26)35(22-25-14-7-4-8-15-25)31(37)23-36(30-21-13-20-28(33)24(30)2)41(39,40)27-18-11-6-12-19-27/h4,6-8,11-15,18-21,26,29H,3,5,9-10,16-17,22-23H2,1-2H3,(H,34,38). The molecule has 3 aromatic rings. The van der Waals surface area contributed by atoms with E-state index in [-0.39, 0.29) is 23.4 Å². The number of halogens is 1. The van der Waals surface area contributed by atoms with Crippen LogP contribution in [-0.4, -0.2) is 43.8 Å². The van der Waals surface area contributed by atoms with E-state index in [1.54, 1.807) is 43.3 Å². The number of nitrogens with zero attached hydrogens (tertiary/aromatic N) is 2. The fourth-order valence-electron chi connectivity index (χ4n) is 5.34. The van der Waals surface area contributed by atoms with Crippen LogP contribution in [0.4, 0.5) is 5.69 Å². The summed E-state index contributed by atoms with van der Waals surface area (Å²) in [7, 11) is -4.14. The summed E-state index contributed by atoms with van der Waals surface area (Å²) in [5.41, 5.74) is 1.70. The zero-order chi connectivity index (χ0) is 29.4. The van der Waals surface area contributed by atoms with E-state index in [1.165, 1.54) is 17.0 Å². The summed E-state index contributed by atoms with van der Waals surface area (Å²) in [6, 6.07) is 21.8. The topological polar surface area (TPSA) is 86.8 Å². The molecule has 1 unspecified atom stereocenters. The first kappa shape index (κ1) is 30.6. The van der Waals surface area contributed by atoms with Crippen LogP contribution in [0.3, 0.4) is 0 Å². The number of carbonyl (C=O) groups is 2. The fraction of sp³-hybridized carbons (Fsp3) is 0.375.